The number of anilines is 1. The molecule has 2 aromatic heterocycles. The molecule has 0 saturated heterocycles. The fourth-order valence-electron chi connectivity index (χ4n) is 4.28. The van der Waals surface area contributed by atoms with Crippen LogP contribution in [0.4, 0.5) is 11.4 Å². The maximum Gasteiger partial charge on any atom is 0.291 e. The second-order valence-corrected chi connectivity index (χ2v) is 9.79. The van der Waals surface area contributed by atoms with Crippen molar-refractivity contribution in [3.8, 4) is 17.2 Å². The summed E-state index contributed by atoms with van der Waals surface area (Å²) in [6, 6.07) is 28.7. The minimum atomic E-state index is -0.573. The van der Waals surface area contributed by atoms with Gasteiger partial charge in [0, 0.05) is 23.7 Å². The van der Waals surface area contributed by atoms with Gasteiger partial charge in [0.15, 0.2) is 5.76 Å². The fourth-order valence-corrected chi connectivity index (χ4v) is 4.28. The van der Waals surface area contributed by atoms with Crippen molar-refractivity contribution in [3.05, 3.63) is 142 Å². The Labute approximate surface area is 236 Å². The number of non-ortho nitro benzene ring substituents is 1. The minimum Gasteiger partial charge on any atom is -0.486 e. The Morgan fingerprint density at radius 2 is 1.66 bits per heavy atom. The van der Waals surface area contributed by atoms with Gasteiger partial charge in [-0.15, -0.1) is 0 Å². The van der Waals surface area contributed by atoms with E-state index >= 15 is 0 Å². The Morgan fingerprint density at radius 3 is 2.37 bits per heavy atom. The second-order valence-electron chi connectivity index (χ2n) is 9.79. The highest BCUT2D eigenvalue weighted by Gasteiger charge is 2.23. The number of nitrogens with zero attached hydrogens (tertiary/aromatic N) is 2. The Balaban J connectivity index is 1.22. The molecule has 9 nitrogen and oxygen atoms in total. The van der Waals surface area contributed by atoms with Gasteiger partial charge < -0.3 is 19.2 Å². The van der Waals surface area contributed by atoms with Gasteiger partial charge in [0.25, 0.3) is 11.6 Å². The molecule has 0 fully saturated rings. The third-order valence-electron chi connectivity index (χ3n) is 6.57. The number of hydrogen-bond donors (Lipinski definition) is 1. The lowest BCUT2D eigenvalue weighted by atomic mass is 9.78. The SMILES string of the molecule is CC(C)(c1ccccc1)c1ccc(OCc2ccc(C(=O)Nc3cc(Oc4cccnc4)cc([N+](=O)[O-])c3)o2)cc1. The number of hydrogen-bond acceptors (Lipinski definition) is 7. The summed E-state index contributed by atoms with van der Waals surface area (Å²) in [5.41, 5.74) is 2.15. The molecular formula is C32H27N3O6. The van der Waals surface area contributed by atoms with E-state index in [0.717, 1.165) is 5.56 Å². The molecule has 0 unspecified atom stereocenters. The number of nitrogens with one attached hydrogen (secondary N) is 1. The average Bonchev–Trinajstić information content (AvgIpc) is 3.47. The Hall–Kier alpha value is -5.44. The molecule has 1 amide bonds. The van der Waals surface area contributed by atoms with Crippen LogP contribution in [0.2, 0.25) is 0 Å². The van der Waals surface area contributed by atoms with Gasteiger partial charge in [-0.3, -0.25) is 19.9 Å². The standard InChI is InChI=1S/C32H27N3O6/c1-32(2,22-7-4-3-5-8-22)23-10-12-26(13-11-23)39-21-28-14-15-30(41-28)31(36)34-24-17-25(35(37)38)19-29(18-24)40-27-9-6-16-33-20-27/h3-20H,21H2,1-2H3,(H,34,36). The zero-order valence-electron chi connectivity index (χ0n) is 22.4. The largest absolute Gasteiger partial charge is 0.486 e. The average molecular weight is 550 g/mol. The lowest BCUT2D eigenvalue weighted by molar-refractivity contribution is -0.384. The molecule has 41 heavy (non-hydrogen) atoms. The smallest absolute Gasteiger partial charge is 0.291 e. The van der Waals surface area contributed by atoms with Crippen LogP contribution >= 0.6 is 0 Å². The Bertz CT molecular complexity index is 1650. The van der Waals surface area contributed by atoms with Crippen LogP contribution in [0.5, 0.6) is 17.2 Å². The van der Waals surface area contributed by atoms with E-state index in [2.05, 4.69) is 36.3 Å². The van der Waals surface area contributed by atoms with E-state index in [4.69, 9.17) is 13.9 Å². The van der Waals surface area contributed by atoms with E-state index in [1.54, 1.807) is 24.4 Å². The number of furan rings is 1. The van der Waals surface area contributed by atoms with Gasteiger partial charge in [0.2, 0.25) is 0 Å². The van der Waals surface area contributed by atoms with Crippen LogP contribution in [-0.2, 0) is 12.0 Å². The molecule has 0 radical (unpaired) electrons. The molecule has 0 aliphatic carbocycles. The lowest BCUT2D eigenvalue weighted by Crippen LogP contribution is -2.18. The maximum absolute atomic E-state index is 12.8. The summed E-state index contributed by atoms with van der Waals surface area (Å²) in [5.74, 6) is 1.15. The van der Waals surface area contributed by atoms with E-state index < -0.39 is 10.8 Å². The first-order valence-corrected chi connectivity index (χ1v) is 12.8. The number of nitro benzene ring substituents is 1. The highest BCUT2D eigenvalue weighted by molar-refractivity contribution is 6.02. The number of ether oxygens (including phenoxy) is 2. The monoisotopic (exact) mass is 549 g/mol. The summed E-state index contributed by atoms with van der Waals surface area (Å²) in [6.07, 6.45) is 3.06. The van der Waals surface area contributed by atoms with Gasteiger partial charge >= 0.3 is 0 Å². The molecule has 0 atom stereocenters. The van der Waals surface area contributed by atoms with Crippen molar-refractivity contribution in [2.75, 3.05) is 5.32 Å². The van der Waals surface area contributed by atoms with E-state index in [1.165, 1.54) is 36.0 Å². The molecule has 0 saturated carbocycles. The van der Waals surface area contributed by atoms with Gasteiger partial charge in [-0.25, -0.2) is 0 Å². The Kier molecular flexibility index (Phi) is 7.78. The van der Waals surface area contributed by atoms with E-state index in [-0.39, 0.29) is 34.9 Å². The summed E-state index contributed by atoms with van der Waals surface area (Å²) >= 11 is 0. The van der Waals surface area contributed by atoms with E-state index in [9.17, 15) is 14.9 Å². The molecule has 0 bridgehead atoms. The van der Waals surface area contributed by atoms with Crippen LogP contribution in [0.15, 0.2) is 114 Å². The lowest BCUT2D eigenvalue weighted by Gasteiger charge is -2.26. The normalized spacial score (nSPS) is 11.1. The number of amides is 1. The molecule has 206 valence electrons. The molecule has 0 aliphatic rings. The molecular weight excluding hydrogens is 522 g/mol. The van der Waals surface area contributed by atoms with Crippen LogP contribution in [0, 0.1) is 10.1 Å². The fraction of sp³-hybridized carbons (Fsp3) is 0.125. The topological polar surface area (TPSA) is 117 Å². The number of rotatable bonds is 10. The van der Waals surface area contributed by atoms with Crippen molar-refractivity contribution >= 4 is 17.3 Å². The number of pyridine rings is 1. The van der Waals surface area contributed by atoms with Crippen molar-refractivity contribution < 1.29 is 23.6 Å². The quantitative estimate of drug-likeness (QED) is 0.141. The van der Waals surface area contributed by atoms with Gasteiger partial charge in [-0.1, -0.05) is 56.3 Å². The number of aromatic nitrogens is 1. The Morgan fingerprint density at radius 1 is 0.902 bits per heavy atom. The molecule has 3 aromatic carbocycles. The summed E-state index contributed by atoms with van der Waals surface area (Å²) in [5, 5.41) is 14.1. The van der Waals surface area contributed by atoms with Crippen molar-refractivity contribution in [1.82, 2.24) is 4.98 Å². The van der Waals surface area contributed by atoms with Crippen molar-refractivity contribution in [1.29, 1.82) is 0 Å². The summed E-state index contributed by atoms with van der Waals surface area (Å²) in [7, 11) is 0. The molecule has 0 aliphatic heterocycles. The van der Waals surface area contributed by atoms with Crippen LogP contribution in [-0.4, -0.2) is 15.8 Å². The molecule has 5 rings (SSSR count). The molecule has 0 spiro atoms. The van der Waals surface area contributed by atoms with Gasteiger partial charge in [0.1, 0.15) is 29.6 Å². The van der Waals surface area contributed by atoms with Gasteiger partial charge in [0.05, 0.1) is 22.9 Å². The number of carbonyl (C=O) groups excluding carboxylic acids is 1. The number of carbonyl (C=O) groups is 1. The first-order valence-electron chi connectivity index (χ1n) is 12.8. The highest BCUT2D eigenvalue weighted by atomic mass is 16.6. The van der Waals surface area contributed by atoms with Crippen LogP contribution in [0.1, 0.15) is 41.3 Å². The molecule has 2 heterocycles. The summed E-state index contributed by atoms with van der Waals surface area (Å²) in [4.78, 5) is 27.7. The van der Waals surface area contributed by atoms with Crippen LogP contribution < -0.4 is 14.8 Å². The van der Waals surface area contributed by atoms with Crippen molar-refractivity contribution in [3.63, 3.8) is 0 Å². The third kappa shape index (κ3) is 6.59. The zero-order valence-corrected chi connectivity index (χ0v) is 22.4. The maximum atomic E-state index is 12.8. The van der Waals surface area contributed by atoms with Crippen molar-refractivity contribution in [2.45, 2.75) is 25.9 Å². The van der Waals surface area contributed by atoms with E-state index in [1.807, 2.05) is 42.5 Å². The minimum absolute atomic E-state index is 0.0322. The molecule has 5 aromatic rings. The van der Waals surface area contributed by atoms with Crippen molar-refractivity contribution in [2.24, 2.45) is 0 Å². The predicted octanol–water partition coefficient (Wildman–Crippen LogP) is 7.53. The highest BCUT2D eigenvalue weighted by Crippen LogP contribution is 2.33. The van der Waals surface area contributed by atoms with Crippen LogP contribution in [0.3, 0.4) is 0 Å². The first-order chi connectivity index (χ1) is 19.8. The summed E-state index contributed by atoms with van der Waals surface area (Å²) in [6.45, 7) is 4.47. The summed E-state index contributed by atoms with van der Waals surface area (Å²) < 4.78 is 17.2. The van der Waals surface area contributed by atoms with Crippen LogP contribution in [0.25, 0.3) is 0 Å². The number of benzene rings is 3. The zero-order chi connectivity index (χ0) is 28.8. The first kappa shape index (κ1) is 27.1. The molecule has 1 N–H and O–H groups in total. The van der Waals surface area contributed by atoms with E-state index in [0.29, 0.717) is 17.3 Å². The predicted molar refractivity (Wildman–Crippen MR) is 153 cm³/mol. The number of nitro groups is 1. The second kappa shape index (κ2) is 11.7. The molecule has 9 heteroatoms. The van der Waals surface area contributed by atoms with Gasteiger partial charge in [-0.05, 0) is 47.5 Å². The van der Waals surface area contributed by atoms with Gasteiger partial charge in [-0.2, -0.15) is 0 Å². The third-order valence-corrected chi connectivity index (χ3v) is 6.57.